The second-order valence-corrected chi connectivity index (χ2v) is 3.03. The van der Waals surface area contributed by atoms with Crippen LogP contribution in [0.4, 0.5) is 24.8 Å². The first-order valence-electron chi connectivity index (χ1n) is 4.66. The Bertz CT molecular complexity index is 469. The minimum atomic E-state index is -5.10. The topological polar surface area (TPSA) is 110 Å². The first kappa shape index (κ1) is 13.8. The number of nitrogens with zero attached hydrogens (tertiary/aromatic N) is 1. The van der Waals surface area contributed by atoms with Crippen LogP contribution in [-0.2, 0) is 9.53 Å². The van der Waals surface area contributed by atoms with E-state index in [1.807, 2.05) is 0 Å². The molecule has 7 nitrogen and oxygen atoms in total. The summed E-state index contributed by atoms with van der Waals surface area (Å²) in [6.45, 7) is 1.50. The van der Waals surface area contributed by atoms with Gasteiger partial charge in [0, 0.05) is 0 Å². The van der Waals surface area contributed by atoms with Gasteiger partial charge in [-0.2, -0.15) is 18.3 Å². The summed E-state index contributed by atoms with van der Waals surface area (Å²) in [5, 5.41) is 6.79. The minimum Gasteiger partial charge on any atom is -0.462 e. The van der Waals surface area contributed by atoms with E-state index in [-0.39, 0.29) is 12.4 Å². The molecule has 1 heterocycles. The summed E-state index contributed by atoms with van der Waals surface area (Å²) in [7, 11) is 0. The zero-order valence-corrected chi connectivity index (χ0v) is 9.09. The highest BCUT2D eigenvalue weighted by molar-refractivity contribution is 6.04. The number of hydrogen-bond donors (Lipinski definition) is 3. The van der Waals surface area contributed by atoms with Gasteiger partial charge in [0.25, 0.3) is 0 Å². The molecule has 0 spiro atoms. The molecule has 10 heteroatoms. The van der Waals surface area contributed by atoms with E-state index in [9.17, 15) is 22.8 Å². The van der Waals surface area contributed by atoms with Crippen molar-refractivity contribution in [2.45, 2.75) is 13.1 Å². The number of esters is 1. The number of nitrogens with one attached hydrogen (secondary N) is 2. The van der Waals surface area contributed by atoms with Gasteiger partial charge in [-0.25, -0.2) is 4.79 Å². The number of H-pyrrole nitrogens is 1. The van der Waals surface area contributed by atoms with Crippen molar-refractivity contribution in [3.05, 3.63) is 5.56 Å². The van der Waals surface area contributed by atoms with E-state index in [2.05, 4.69) is 14.9 Å². The van der Waals surface area contributed by atoms with Crippen LogP contribution in [0.2, 0.25) is 0 Å². The highest BCUT2D eigenvalue weighted by Gasteiger charge is 2.40. The van der Waals surface area contributed by atoms with Crippen molar-refractivity contribution in [3.8, 4) is 0 Å². The molecular weight excluding hydrogens is 257 g/mol. The molecule has 0 fully saturated rings. The summed E-state index contributed by atoms with van der Waals surface area (Å²) in [5.41, 5.74) is 4.86. The molecule has 0 aromatic carbocycles. The van der Waals surface area contributed by atoms with Crippen LogP contribution in [-0.4, -0.2) is 34.9 Å². The minimum absolute atomic E-state index is 0.00386. The predicted molar refractivity (Wildman–Crippen MR) is 53.6 cm³/mol. The quantitative estimate of drug-likeness (QED) is 0.696. The van der Waals surface area contributed by atoms with Crippen molar-refractivity contribution in [2.24, 2.45) is 0 Å². The Labute approximate surface area is 98.5 Å². The molecule has 0 unspecified atom stereocenters. The second kappa shape index (κ2) is 4.94. The molecule has 1 amide bonds. The number of carbonyl (C=O) groups is 2. The number of alkyl halides is 3. The summed E-state index contributed by atoms with van der Waals surface area (Å²) in [6, 6.07) is 0. The summed E-state index contributed by atoms with van der Waals surface area (Å²) < 4.78 is 40.6. The van der Waals surface area contributed by atoms with Gasteiger partial charge in [-0.3, -0.25) is 9.89 Å². The molecule has 0 saturated heterocycles. The number of amides is 1. The second-order valence-electron chi connectivity index (χ2n) is 3.03. The van der Waals surface area contributed by atoms with Crippen LogP contribution >= 0.6 is 0 Å². The number of ether oxygens (including phenoxy) is 1. The third-order valence-corrected chi connectivity index (χ3v) is 1.76. The van der Waals surface area contributed by atoms with Crippen LogP contribution in [0.15, 0.2) is 0 Å². The van der Waals surface area contributed by atoms with Crippen LogP contribution in [0, 0.1) is 0 Å². The van der Waals surface area contributed by atoms with E-state index in [4.69, 9.17) is 5.73 Å². The van der Waals surface area contributed by atoms with Gasteiger partial charge in [-0.15, -0.1) is 0 Å². The highest BCUT2D eigenvalue weighted by atomic mass is 19.4. The Balaban J connectivity index is 2.98. The largest absolute Gasteiger partial charge is 0.471 e. The maximum absolute atomic E-state index is 12.0. The molecule has 4 N–H and O–H groups in total. The van der Waals surface area contributed by atoms with Gasteiger partial charge < -0.3 is 15.8 Å². The standard InChI is InChI=1S/C8H9F3N4O3/c1-2-18-6(16)3-4(12)14-15-5(3)13-7(17)8(9,10)11/h2H2,1H3,(H4,12,13,14,15,17). The highest BCUT2D eigenvalue weighted by Crippen LogP contribution is 2.23. The number of rotatable bonds is 3. The van der Waals surface area contributed by atoms with Gasteiger partial charge in [-0.05, 0) is 6.92 Å². The van der Waals surface area contributed by atoms with Gasteiger partial charge in [-0.1, -0.05) is 0 Å². The number of halogens is 3. The number of aromatic amines is 1. The summed E-state index contributed by atoms with van der Waals surface area (Å²) in [6.07, 6.45) is -5.10. The molecule has 0 atom stereocenters. The van der Waals surface area contributed by atoms with Gasteiger partial charge in [0.1, 0.15) is 11.4 Å². The maximum atomic E-state index is 12.0. The number of nitrogens with two attached hydrogens (primary N) is 1. The Hall–Kier alpha value is -2.26. The number of carbonyl (C=O) groups excluding carboxylic acids is 2. The van der Waals surface area contributed by atoms with Crippen molar-refractivity contribution < 1.29 is 27.5 Å². The van der Waals surface area contributed by atoms with E-state index < -0.39 is 29.4 Å². The van der Waals surface area contributed by atoms with Crippen molar-refractivity contribution in [1.29, 1.82) is 0 Å². The number of hydrogen-bond acceptors (Lipinski definition) is 5. The molecule has 0 aliphatic heterocycles. The van der Waals surface area contributed by atoms with E-state index in [0.717, 1.165) is 0 Å². The first-order valence-corrected chi connectivity index (χ1v) is 4.66. The third-order valence-electron chi connectivity index (χ3n) is 1.76. The molecule has 18 heavy (non-hydrogen) atoms. The molecule has 0 radical (unpaired) electrons. The summed E-state index contributed by atoms with van der Waals surface area (Å²) in [4.78, 5) is 22.1. The van der Waals surface area contributed by atoms with E-state index in [1.165, 1.54) is 12.2 Å². The van der Waals surface area contributed by atoms with Crippen LogP contribution in [0.5, 0.6) is 0 Å². The molecule has 0 saturated carbocycles. The number of nitrogen functional groups attached to an aromatic ring is 1. The molecule has 1 aromatic rings. The predicted octanol–water partition coefficient (Wildman–Crippen LogP) is 0.669. The lowest BCUT2D eigenvalue weighted by Crippen LogP contribution is -2.30. The Morgan fingerprint density at radius 1 is 1.50 bits per heavy atom. The van der Waals surface area contributed by atoms with Crippen LogP contribution in [0.25, 0.3) is 0 Å². The van der Waals surface area contributed by atoms with Crippen molar-refractivity contribution >= 4 is 23.5 Å². The number of anilines is 2. The van der Waals surface area contributed by atoms with Gasteiger partial charge >= 0.3 is 18.1 Å². The monoisotopic (exact) mass is 266 g/mol. The van der Waals surface area contributed by atoms with Crippen molar-refractivity contribution in [3.63, 3.8) is 0 Å². The van der Waals surface area contributed by atoms with E-state index in [1.54, 1.807) is 0 Å². The van der Waals surface area contributed by atoms with E-state index in [0.29, 0.717) is 0 Å². The van der Waals surface area contributed by atoms with Gasteiger partial charge in [0.15, 0.2) is 5.82 Å². The lowest BCUT2D eigenvalue weighted by Gasteiger charge is -2.07. The van der Waals surface area contributed by atoms with Gasteiger partial charge in [0.2, 0.25) is 0 Å². The average molecular weight is 266 g/mol. The third kappa shape index (κ3) is 2.90. The zero-order chi connectivity index (χ0) is 13.9. The first-order chi connectivity index (χ1) is 8.27. The molecule has 0 bridgehead atoms. The Morgan fingerprint density at radius 3 is 2.61 bits per heavy atom. The summed E-state index contributed by atoms with van der Waals surface area (Å²) in [5.74, 6) is -4.18. The van der Waals surface area contributed by atoms with Crippen molar-refractivity contribution in [1.82, 2.24) is 10.2 Å². The molecule has 100 valence electrons. The van der Waals surface area contributed by atoms with E-state index >= 15 is 0 Å². The van der Waals surface area contributed by atoms with Gasteiger partial charge in [0.05, 0.1) is 6.61 Å². The fourth-order valence-corrected chi connectivity index (χ4v) is 1.03. The van der Waals surface area contributed by atoms with Crippen LogP contribution in [0.3, 0.4) is 0 Å². The fraction of sp³-hybridized carbons (Fsp3) is 0.375. The van der Waals surface area contributed by atoms with Crippen molar-refractivity contribution in [2.75, 3.05) is 17.7 Å². The lowest BCUT2D eigenvalue weighted by molar-refractivity contribution is -0.167. The maximum Gasteiger partial charge on any atom is 0.471 e. The van der Waals surface area contributed by atoms with Crippen LogP contribution in [0.1, 0.15) is 17.3 Å². The molecule has 0 aliphatic rings. The Morgan fingerprint density at radius 2 is 2.11 bits per heavy atom. The fourth-order valence-electron chi connectivity index (χ4n) is 1.03. The average Bonchev–Trinajstić information content (AvgIpc) is 2.58. The molecule has 0 aliphatic carbocycles. The Kier molecular flexibility index (Phi) is 3.79. The SMILES string of the molecule is CCOC(=O)c1c(NC(=O)C(F)(F)F)n[nH]c1N. The molecule has 1 rings (SSSR count). The zero-order valence-electron chi connectivity index (χ0n) is 9.09. The van der Waals surface area contributed by atoms with Crippen LogP contribution < -0.4 is 11.1 Å². The smallest absolute Gasteiger partial charge is 0.462 e. The molecule has 1 aromatic heterocycles. The molecular formula is C8H9F3N4O3. The normalized spacial score (nSPS) is 11.1. The summed E-state index contributed by atoms with van der Waals surface area (Å²) >= 11 is 0. The number of aromatic nitrogens is 2. The lowest BCUT2D eigenvalue weighted by atomic mass is 10.3.